The second-order valence-corrected chi connectivity index (χ2v) is 4.85. The molecule has 0 saturated heterocycles. The monoisotopic (exact) mass is 337 g/mol. The Bertz CT molecular complexity index is 729. The molecule has 1 aliphatic heterocycles. The predicted molar refractivity (Wildman–Crippen MR) is 81.1 cm³/mol. The number of phenolic OH excluding ortho intramolecular Hbond substituents is 1. The number of anilines is 1. The highest BCUT2D eigenvalue weighted by molar-refractivity contribution is 6.09. The van der Waals surface area contributed by atoms with E-state index in [2.05, 4.69) is 10.1 Å². The Kier molecular flexibility index (Phi) is 4.99. The first kappa shape index (κ1) is 17.2. The van der Waals surface area contributed by atoms with Crippen LogP contribution in [0.3, 0.4) is 0 Å². The van der Waals surface area contributed by atoms with Crippen LogP contribution in [-0.4, -0.2) is 58.7 Å². The van der Waals surface area contributed by atoms with Crippen LogP contribution in [0, 0.1) is 10.1 Å². The third-order valence-corrected chi connectivity index (χ3v) is 3.42. The van der Waals surface area contributed by atoms with Gasteiger partial charge in [-0.3, -0.25) is 14.9 Å². The zero-order valence-corrected chi connectivity index (χ0v) is 12.7. The van der Waals surface area contributed by atoms with Crippen LogP contribution in [0.15, 0.2) is 29.5 Å². The number of esters is 1. The number of carbonyl (C=O) groups is 2. The third-order valence-electron chi connectivity index (χ3n) is 3.42. The van der Waals surface area contributed by atoms with Gasteiger partial charge in [0.05, 0.1) is 30.8 Å². The van der Waals surface area contributed by atoms with Crippen molar-refractivity contribution >= 4 is 23.3 Å². The summed E-state index contributed by atoms with van der Waals surface area (Å²) in [6.07, 6.45) is 0. The molecule has 1 amide bonds. The molecule has 0 radical (unpaired) electrons. The van der Waals surface area contributed by atoms with Crippen molar-refractivity contribution in [3.63, 3.8) is 0 Å². The van der Waals surface area contributed by atoms with Crippen LogP contribution in [0.4, 0.5) is 11.4 Å². The van der Waals surface area contributed by atoms with Crippen LogP contribution < -0.4 is 5.32 Å². The van der Waals surface area contributed by atoms with Gasteiger partial charge >= 0.3 is 5.97 Å². The number of carbonyl (C=O) groups excluding carboxylic acids is 2. The van der Waals surface area contributed by atoms with Crippen molar-refractivity contribution < 1.29 is 29.5 Å². The van der Waals surface area contributed by atoms with Crippen molar-refractivity contribution in [3.8, 4) is 5.75 Å². The lowest BCUT2D eigenvalue weighted by Gasteiger charge is -2.15. The van der Waals surface area contributed by atoms with Crippen LogP contribution >= 0.6 is 0 Å². The Labute approximate surface area is 136 Å². The van der Waals surface area contributed by atoms with Gasteiger partial charge in [-0.05, 0) is 6.07 Å². The molecule has 0 fully saturated rings. The number of aliphatic hydroxyl groups excluding tert-OH is 1. The predicted octanol–water partition coefficient (Wildman–Crippen LogP) is -0.0261. The Hall–Kier alpha value is -3.14. The number of hydrogen-bond acceptors (Lipinski definition) is 8. The number of hydrogen-bond donors (Lipinski definition) is 3. The van der Waals surface area contributed by atoms with Gasteiger partial charge in [-0.15, -0.1) is 0 Å². The number of aliphatic hydroxyl groups is 1. The quantitative estimate of drug-likeness (QED) is 0.284. The van der Waals surface area contributed by atoms with Gasteiger partial charge in [-0.25, -0.2) is 4.79 Å². The number of phenols is 1. The number of aromatic hydroxyl groups is 1. The first-order valence-electron chi connectivity index (χ1n) is 6.85. The van der Waals surface area contributed by atoms with Gasteiger partial charge < -0.3 is 25.2 Å². The molecule has 1 aromatic rings. The second-order valence-electron chi connectivity index (χ2n) is 4.85. The van der Waals surface area contributed by atoms with Gasteiger partial charge in [-0.2, -0.15) is 0 Å². The van der Waals surface area contributed by atoms with Crippen LogP contribution in [0.5, 0.6) is 5.75 Å². The van der Waals surface area contributed by atoms with E-state index < -0.39 is 28.2 Å². The van der Waals surface area contributed by atoms with Crippen molar-refractivity contribution in [1.29, 1.82) is 0 Å². The summed E-state index contributed by atoms with van der Waals surface area (Å²) in [6.45, 7) is -0.451. The maximum atomic E-state index is 12.4. The number of methoxy groups -OCH3 is 1. The lowest BCUT2D eigenvalue weighted by molar-refractivity contribution is -0.384. The van der Waals surface area contributed by atoms with E-state index in [0.29, 0.717) is 0 Å². The Morgan fingerprint density at radius 1 is 1.50 bits per heavy atom. The van der Waals surface area contributed by atoms with Crippen molar-refractivity contribution in [1.82, 2.24) is 4.90 Å². The largest absolute Gasteiger partial charge is 0.505 e. The van der Waals surface area contributed by atoms with Gasteiger partial charge in [0, 0.05) is 12.6 Å². The molecular formula is C14H15N3O7. The van der Waals surface area contributed by atoms with E-state index in [0.717, 1.165) is 13.2 Å². The van der Waals surface area contributed by atoms with Gasteiger partial charge in [-0.1, -0.05) is 6.07 Å². The summed E-state index contributed by atoms with van der Waals surface area (Å²) in [6, 6.07) is 3.63. The van der Waals surface area contributed by atoms with E-state index >= 15 is 0 Å². The molecule has 128 valence electrons. The number of β-amino-alcohol motifs (C(OH)–C–C–N with tert-alkyl or cyclic N) is 1. The molecule has 1 heterocycles. The molecular weight excluding hydrogens is 322 g/mol. The minimum Gasteiger partial charge on any atom is -0.505 e. The second kappa shape index (κ2) is 6.96. The average molecular weight is 337 g/mol. The van der Waals surface area contributed by atoms with Gasteiger partial charge in [0.25, 0.3) is 11.6 Å². The van der Waals surface area contributed by atoms with E-state index in [4.69, 9.17) is 5.11 Å². The number of nitro groups is 1. The van der Waals surface area contributed by atoms with Gasteiger partial charge in [0.15, 0.2) is 5.69 Å². The molecule has 3 N–H and O–H groups in total. The fourth-order valence-corrected chi connectivity index (χ4v) is 2.28. The van der Waals surface area contributed by atoms with Crippen molar-refractivity contribution in [2.45, 2.75) is 0 Å². The number of benzene rings is 1. The summed E-state index contributed by atoms with van der Waals surface area (Å²) in [7, 11) is 1.13. The molecule has 0 unspecified atom stereocenters. The lowest BCUT2D eigenvalue weighted by atomic mass is 10.2. The summed E-state index contributed by atoms with van der Waals surface area (Å²) in [4.78, 5) is 35.8. The number of amides is 1. The molecule has 2 rings (SSSR count). The molecule has 0 atom stereocenters. The van der Waals surface area contributed by atoms with Gasteiger partial charge in [0.1, 0.15) is 11.4 Å². The Balaban J connectivity index is 2.47. The highest BCUT2D eigenvalue weighted by atomic mass is 16.6. The zero-order chi connectivity index (χ0) is 17.9. The molecule has 0 aromatic heterocycles. The van der Waals surface area contributed by atoms with E-state index in [-0.39, 0.29) is 36.7 Å². The molecule has 0 saturated carbocycles. The summed E-state index contributed by atoms with van der Waals surface area (Å²) in [5, 5.41) is 32.4. The van der Waals surface area contributed by atoms with Crippen molar-refractivity contribution in [3.05, 3.63) is 39.6 Å². The van der Waals surface area contributed by atoms with E-state index in [1.165, 1.54) is 17.0 Å². The van der Waals surface area contributed by atoms with Crippen LogP contribution in [0.25, 0.3) is 0 Å². The fourth-order valence-electron chi connectivity index (χ4n) is 2.28. The van der Waals surface area contributed by atoms with Crippen LogP contribution in [0.2, 0.25) is 0 Å². The molecule has 1 aliphatic rings. The summed E-state index contributed by atoms with van der Waals surface area (Å²) in [5.74, 6) is -1.87. The Morgan fingerprint density at radius 2 is 2.21 bits per heavy atom. The summed E-state index contributed by atoms with van der Waals surface area (Å²) >= 11 is 0. The number of rotatable bonds is 6. The number of nitrogens with one attached hydrogen (secondary N) is 1. The zero-order valence-electron chi connectivity index (χ0n) is 12.7. The van der Waals surface area contributed by atoms with E-state index in [1.54, 1.807) is 0 Å². The SMILES string of the molecule is COC(=O)C1=C(Nc2c(O)cccc2[N+](=O)[O-])C(=O)N(CCO)C1. The maximum absolute atomic E-state index is 12.4. The van der Waals surface area contributed by atoms with Crippen LogP contribution in [-0.2, 0) is 14.3 Å². The summed E-state index contributed by atoms with van der Waals surface area (Å²) < 4.78 is 4.61. The number of nitro benzene ring substituents is 1. The maximum Gasteiger partial charge on any atom is 0.337 e. The smallest absolute Gasteiger partial charge is 0.337 e. The van der Waals surface area contributed by atoms with Crippen molar-refractivity contribution in [2.75, 3.05) is 32.1 Å². The fraction of sp³-hybridized carbons (Fsp3) is 0.286. The van der Waals surface area contributed by atoms with E-state index in [1.807, 2.05) is 0 Å². The van der Waals surface area contributed by atoms with Crippen LogP contribution in [0.1, 0.15) is 0 Å². The van der Waals surface area contributed by atoms with E-state index in [9.17, 15) is 24.8 Å². The lowest BCUT2D eigenvalue weighted by Crippen LogP contribution is -2.31. The highest BCUT2D eigenvalue weighted by Gasteiger charge is 2.35. The molecule has 1 aromatic carbocycles. The topological polar surface area (TPSA) is 142 Å². The number of nitrogens with zero attached hydrogens (tertiary/aromatic N) is 2. The normalized spacial score (nSPS) is 14.1. The third kappa shape index (κ3) is 3.13. The first-order valence-corrected chi connectivity index (χ1v) is 6.85. The van der Waals surface area contributed by atoms with Gasteiger partial charge in [0.2, 0.25) is 0 Å². The van der Waals surface area contributed by atoms with Crippen molar-refractivity contribution in [2.24, 2.45) is 0 Å². The minimum atomic E-state index is -0.788. The Morgan fingerprint density at radius 3 is 2.79 bits per heavy atom. The molecule has 0 aliphatic carbocycles. The highest BCUT2D eigenvalue weighted by Crippen LogP contribution is 2.35. The summed E-state index contributed by atoms with van der Waals surface area (Å²) in [5.41, 5.74) is -1.05. The number of para-hydroxylation sites is 1. The molecule has 10 nitrogen and oxygen atoms in total. The molecule has 0 spiro atoms. The minimum absolute atomic E-state index is 0.0205. The first-order chi connectivity index (χ1) is 11.4. The molecule has 24 heavy (non-hydrogen) atoms. The molecule has 10 heteroatoms. The average Bonchev–Trinajstić information content (AvgIpc) is 2.85. The standard InChI is InChI=1S/C14H15N3O7/c1-24-14(21)8-7-16(5-6-18)13(20)11(8)15-12-9(17(22)23)3-2-4-10(12)19/h2-4,15,18-19H,5-7H2,1H3. The number of ether oxygens (including phenoxy) is 1. The molecule has 0 bridgehead atoms.